The molecule has 26 heavy (non-hydrogen) atoms. The smallest absolute Gasteiger partial charge is 0.315 e. The monoisotopic (exact) mass is 361 g/mol. The van der Waals surface area contributed by atoms with Crippen LogP contribution in [0, 0.1) is 0 Å². The number of carbonyl (C=O) groups excluding carboxylic acids is 2. The summed E-state index contributed by atoms with van der Waals surface area (Å²) in [5.41, 5.74) is 0.841. The molecule has 1 saturated carbocycles. The molecule has 2 rings (SSSR count). The van der Waals surface area contributed by atoms with Crippen LogP contribution in [0.25, 0.3) is 0 Å². The predicted octanol–water partition coefficient (Wildman–Crippen LogP) is 2.34. The van der Waals surface area contributed by atoms with Crippen molar-refractivity contribution < 1.29 is 19.5 Å². The zero-order chi connectivity index (χ0) is 18.8. The van der Waals surface area contributed by atoms with Gasteiger partial charge in [0.05, 0.1) is 12.6 Å². The summed E-state index contributed by atoms with van der Waals surface area (Å²) in [6.45, 7) is -0.144. The summed E-state index contributed by atoms with van der Waals surface area (Å²) < 4.78 is 0. The van der Waals surface area contributed by atoms with Gasteiger partial charge in [0, 0.05) is 12.5 Å². The van der Waals surface area contributed by atoms with E-state index >= 15 is 0 Å². The minimum absolute atomic E-state index is 0.0462. The summed E-state index contributed by atoms with van der Waals surface area (Å²) in [7, 11) is 0. The Morgan fingerprint density at radius 1 is 1.08 bits per heavy atom. The Morgan fingerprint density at radius 2 is 1.77 bits per heavy atom. The van der Waals surface area contributed by atoms with Crippen LogP contribution in [-0.2, 0) is 9.59 Å². The highest BCUT2D eigenvalue weighted by atomic mass is 16.4. The maximum Gasteiger partial charge on any atom is 0.315 e. The Balaban J connectivity index is 1.80. The van der Waals surface area contributed by atoms with Gasteiger partial charge in [-0.25, -0.2) is 4.79 Å². The van der Waals surface area contributed by atoms with E-state index in [0.717, 1.165) is 31.2 Å². The molecule has 0 radical (unpaired) electrons. The lowest BCUT2D eigenvalue weighted by molar-refractivity contribution is -0.137. The van der Waals surface area contributed by atoms with E-state index in [0.29, 0.717) is 6.42 Å². The van der Waals surface area contributed by atoms with Crippen LogP contribution in [-0.4, -0.2) is 35.6 Å². The Labute approximate surface area is 153 Å². The third-order valence-electron chi connectivity index (χ3n) is 4.53. The first-order chi connectivity index (χ1) is 12.5. The highest BCUT2D eigenvalue weighted by Crippen LogP contribution is 2.18. The third kappa shape index (κ3) is 7.13. The number of urea groups is 1. The van der Waals surface area contributed by atoms with E-state index in [4.69, 9.17) is 5.11 Å². The molecule has 0 bridgehead atoms. The number of hydrogen-bond donors (Lipinski definition) is 4. The zero-order valence-corrected chi connectivity index (χ0v) is 14.9. The Hall–Kier alpha value is -2.57. The topological polar surface area (TPSA) is 108 Å². The number of carboxylic acid groups (broad SMARTS) is 1. The molecule has 142 valence electrons. The first kappa shape index (κ1) is 19.8. The van der Waals surface area contributed by atoms with Crippen LogP contribution < -0.4 is 16.0 Å². The standard InChI is InChI=1S/C19H27N3O4/c23-17(13-20-19(26)21-15-9-5-2-6-10-15)22-16(11-12-18(24)25)14-7-3-1-4-8-14/h1,3-4,7-8,15-16H,2,5-6,9-13H2,(H,22,23)(H,24,25)(H2,20,21,26). The van der Waals surface area contributed by atoms with Crippen molar-refractivity contribution >= 4 is 17.9 Å². The Morgan fingerprint density at radius 3 is 2.42 bits per heavy atom. The van der Waals surface area contributed by atoms with Gasteiger partial charge >= 0.3 is 12.0 Å². The fourth-order valence-electron chi connectivity index (χ4n) is 3.16. The van der Waals surface area contributed by atoms with Crippen molar-refractivity contribution in [3.8, 4) is 0 Å². The van der Waals surface area contributed by atoms with Gasteiger partial charge in [0.2, 0.25) is 5.91 Å². The van der Waals surface area contributed by atoms with Gasteiger partial charge in [0.1, 0.15) is 0 Å². The molecule has 1 aromatic rings. The SMILES string of the molecule is O=C(O)CCC(NC(=O)CNC(=O)NC1CCCCC1)c1ccccc1. The second kappa shape index (κ2) is 10.4. The zero-order valence-electron chi connectivity index (χ0n) is 14.9. The van der Waals surface area contributed by atoms with E-state index < -0.39 is 12.0 Å². The summed E-state index contributed by atoms with van der Waals surface area (Å²) in [6, 6.07) is 8.66. The van der Waals surface area contributed by atoms with Crippen LogP contribution in [0.1, 0.15) is 56.6 Å². The molecule has 7 nitrogen and oxygen atoms in total. The fraction of sp³-hybridized carbons (Fsp3) is 0.526. The second-order valence-electron chi connectivity index (χ2n) is 6.63. The molecule has 3 amide bonds. The lowest BCUT2D eigenvalue weighted by atomic mass is 9.96. The van der Waals surface area contributed by atoms with E-state index in [9.17, 15) is 14.4 Å². The average Bonchev–Trinajstić information content (AvgIpc) is 2.65. The van der Waals surface area contributed by atoms with Gasteiger partial charge < -0.3 is 21.1 Å². The van der Waals surface area contributed by atoms with E-state index in [1.807, 2.05) is 30.3 Å². The molecule has 0 spiro atoms. The largest absolute Gasteiger partial charge is 0.481 e. The molecular formula is C19H27N3O4. The van der Waals surface area contributed by atoms with Crippen molar-refractivity contribution in [2.75, 3.05) is 6.54 Å². The summed E-state index contributed by atoms with van der Waals surface area (Å²) in [5.74, 6) is -1.26. The van der Waals surface area contributed by atoms with Crippen molar-refractivity contribution in [2.45, 2.75) is 57.0 Å². The van der Waals surface area contributed by atoms with Crippen LogP contribution in [0.5, 0.6) is 0 Å². The summed E-state index contributed by atoms with van der Waals surface area (Å²) >= 11 is 0. The van der Waals surface area contributed by atoms with E-state index in [1.165, 1.54) is 6.42 Å². The normalized spacial score (nSPS) is 15.7. The molecule has 1 unspecified atom stereocenters. The number of nitrogens with one attached hydrogen (secondary N) is 3. The first-order valence-corrected chi connectivity index (χ1v) is 9.15. The van der Waals surface area contributed by atoms with Crippen LogP contribution in [0.2, 0.25) is 0 Å². The lowest BCUT2D eigenvalue weighted by Crippen LogP contribution is -2.46. The molecule has 0 saturated heterocycles. The van der Waals surface area contributed by atoms with Crippen LogP contribution in [0.15, 0.2) is 30.3 Å². The lowest BCUT2D eigenvalue weighted by Gasteiger charge is -2.23. The van der Waals surface area contributed by atoms with Crippen LogP contribution in [0.4, 0.5) is 4.79 Å². The molecule has 7 heteroatoms. The summed E-state index contributed by atoms with van der Waals surface area (Å²) in [4.78, 5) is 34.9. The molecule has 0 heterocycles. The molecule has 1 aromatic carbocycles. The van der Waals surface area contributed by atoms with Crippen molar-refractivity contribution in [3.05, 3.63) is 35.9 Å². The van der Waals surface area contributed by atoms with Crippen molar-refractivity contribution in [1.29, 1.82) is 0 Å². The molecule has 0 aromatic heterocycles. The van der Waals surface area contributed by atoms with Crippen LogP contribution >= 0.6 is 0 Å². The Kier molecular flexibility index (Phi) is 7.92. The molecule has 0 aliphatic heterocycles. The van der Waals surface area contributed by atoms with E-state index in [-0.39, 0.29) is 30.9 Å². The number of hydrogen-bond acceptors (Lipinski definition) is 3. The summed E-state index contributed by atoms with van der Waals surface area (Å²) in [6.07, 6.45) is 5.64. The number of carboxylic acids is 1. The fourth-order valence-corrected chi connectivity index (χ4v) is 3.16. The van der Waals surface area contributed by atoms with Gasteiger partial charge in [-0.3, -0.25) is 9.59 Å². The maximum atomic E-state index is 12.2. The summed E-state index contributed by atoms with van der Waals surface area (Å²) in [5, 5.41) is 17.2. The minimum Gasteiger partial charge on any atom is -0.481 e. The van der Waals surface area contributed by atoms with Gasteiger partial charge in [-0.15, -0.1) is 0 Å². The molecular weight excluding hydrogens is 334 g/mol. The van der Waals surface area contributed by atoms with Gasteiger partial charge in [-0.05, 0) is 24.8 Å². The van der Waals surface area contributed by atoms with Gasteiger partial charge in [0.25, 0.3) is 0 Å². The van der Waals surface area contributed by atoms with Crippen molar-refractivity contribution in [1.82, 2.24) is 16.0 Å². The highest BCUT2D eigenvalue weighted by Gasteiger charge is 2.18. The highest BCUT2D eigenvalue weighted by molar-refractivity contribution is 5.84. The number of amides is 3. The van der Waals surface area contributed by atoms with Crippen LogP contribution in [0.3, 0.4) is 0 Å². The predicted molar refractivity (Wildman–Crippen MR) is 97.6 cm³/mol. The molecule has 4 N–H and O–H groups in total. The van der Waals surface area contributed by atoms with Gasteiger partial charge in [-0.1, -0.05) is 49.6 Å². The van der Waals surface area contributed by atoms with Crippen molar-refractivity contribution in [2.24, 2.45) is 0 Å². The van der Waals surface area contributed by atoms with Gasteiger partial charge in [-0.2, -0.15) is 0 Å². The third-order valence-corrected chi connectivity index (χ3v) is 4.53. The Bertz CT molecular complexity index is 600. The molecule has 1 fully saturated rings. The number of benzene rings is 1. The quantitative estimate of drug-likeness (QED) is 0.570. The maximum absolute atomic E-state index is 12.2. The molecule has 1 atom stereocenters. The second-order valence-corrected chi connectivity index (χ2v) is 6.63. The first-order valence-electron chi connectivity index (χ1n) is 9.15. The van der Waals surface area contributed by atoms with E-state index in [2.05, 4.69) is 16.0 Å². The van der Waals surface area contributed by atoms with E-state index in [1.54, 1.807) is 0 Å². The number of aliphatic carboxylic acids is 1. The van der Waals surface area contributed by atoms with Gasteiger partial charge in [0.15, 0.2) is 0 Å². The molecule has 1 aliphatic rings. The minimum atomic E-state index is -0.912. The average molecular weight is 361 g/mol. The number of carbonyl (C=O) groups is 3. The number of rotatable bonds is 8. The molecule has 1 aliphatic carbocycles. The van der Waals surface area contributed by atoms with Crippen molar-refractivity contribution in [3.63, 3.8) is 0 Å².